The summed E-state index contributed by atoms with van der Waals surface area (Å²) in [6, 6.07) is 4.84. The summed E-state index contributed by atoms with van der Waals surface area (Å²) in [5.74, 6) is -1.71. The molecule has 1 amide bonds. The number of anilines is 1. The number of hydrogen-bond acceptors (Lipinski definition) is 5. The lowest BCUT2D eigenvalue weighted by atomic mass is 9.92. The summed E-state index contributed by atoms with van der Waals surface area (Å²) in [4.78, 5) is 15.8. The molecule has 0 radical (unpaired) electrons. The molecule has 1 aliphatic rings. The maximum Gasteiger partial charge on any atom is 0.407 e. The molecule has 1 aliphatic carbocycles. The fraction of sp³-hybridized carbons (Fsp3) is 0.500. The molecule has 2 aromatic heterocycles. The van der Waals surface area contributed by atoms with Gasteiger partial charge in [-0.15, -0.1) is 0 Å². The lowest BCUT2D eigenvalue weighted by Crippen LogP contribution is -2.32. The molecular formula is C18H22F3N5O2. The number of pyridine rings is 1. The van der Waals surface area contributed by atoms with E-state index in [0.29, 0.717) is 30.0 Å². The minimum atomic E-state index is -2.61. The molecule has 2 N–H and O–H groups in total. The second-order valence-corrected chi connectivity index (χ2v) is 6.72. The van der Waals surface area contributed by atoms with E-state index in [1.54, 1.807) is 18.3 Å². The average Bonchev–Trinajstić information content (AvgIpc) is 3.17. The van der Waals surface area contributed by atoms with E-state index in [4.69, 9.17) is 0 Å². The Morgan fingerprint density at radius 2 is 2.11 bits per heavy atom. The third-order valence-electron chi connectivity index (χ3n) is 4.58. The maximum atomic E-state index is 13.4. The molecule has 0 aliphatic heterocycles. The quantitative estimate of drug-likeness (QED) is 0.779. The van der Waals surface area contributed by atoms with Gasteiger partial charge >= 0.3 is 6.09 Å². The third-order valence-corrected chi connectivity index (χ3v) is 4.58. The molecule has 10 heteroatoms. The first kappa shape index (κ1) is 20.0. The second-order valence-electron chi connectivity index (χ2n) is 6.72. The summed E-state index contributed by atoms with van der Waals surface area (Å²) in [7, 11) is 1.27. The SMILES string of the molecule is COC(=O)NCc1cc(NC2CCC(F)(F)CC2)nc(-n2ccc(CF)n2)c1. The van der Waals surface area contributed by atoms with Crippen molar-refractivity contribution in [1.29, 1.82) is 0 Å². The van der Waals surface area contributed by atoms with Crippen molar-refractivity contribution in [3.05, 3.63) is 35.7 Å². The molecule has 28 heavy (non-hydrogen) atoms. The maximum absolute atomic E-state index is 13.4. The van der Waals surface area contributed by atoms with Gasteiger partial charge < -0.3 is 15.4 Å². The fourth-order valence-corrected chi connectivity index (χ4v) is 3.06. The molecule has 2 heterocycles. The number of carbonyl (C=O) groups excluding carboxylic acids is 1. The number of alkyl halides is 3. The van der Waals surface area contributed by atoms with Crippen LogP contribution in [-0.4, -0.2) is 39.9 Å². The largest absolute Gasteiger partial charge is 0.453 e. The van der Waals surface area contributed by atoms with Gasteiger partial charge in [0.1, 0.15) is 12.5 Å². The highest BCUT2D eigenvalue weighted by Crippen LogP contribution is 2.34. The van der Waals surface area contributed by atoms with Crippen molar-refractivity contribution in [2.24, 2.45) is 0 Å². The Morgan fingerprint density at radius 3 is 2.75 bits per heavy atom. The fourth-order valence-electron chi connectivity index (χ4n) is 3.06. The van der Waals surface area contributed by atoms with Crippen LogP contribution in [0.4, 0.5) is 23.8 Å². The van der Waals surface area contributed by atoms with Gasteiger partial charge in [-0.05, 0) is 36.6 Å². The van der Waals surface area contributed by atoms with Crippen LogP contribution < -0.4 is 10.6 Å². The van der Waals surface area contributed by atoms with Crippen LogP contribution >= 0.6 is 0 Å². The minimum absolute atomic E-state index is 0.122. The summed E-state index contributed by atoms with van der Waals surface area (Å²) in [6.07, 6.45) is 1.34. The summed E-state index contributed by atoms with van der Waals surface area (Å²) in [5, 5.41) is 9.87. The molecule has 0 saturated heterocycles. The Balaban J connectivity index is 1.81. The zero-order chi connectivity index (χ0) is 20.1. The van der Waals surface area contributed by atoms with Gasteiger partial charge in [0.15, 0.2) is 5.82 Å². The van der Waals surface area contributed by atoms with Crippen LogP contribution in [0.25, 0.3) is 5.82 Å². The van der Waals surface area contributed by atoms with E-state index >= 15 is 0 Å². The number of hydrogen-bond donors (Lipinski definition) is 2. The van der Waals surface area contributed by atoms with Gasteiger partial charge in [0, 0.05) is 31.6 Å². The Labute approximate surface area is 160 Å². The standard InChI is InChI=1S/C18H22F3N5O2/c1-28-17(27)22-11-12-8-15(23-13-2-5-18(20,21)6-3-13)24-16(9-12)26-7-4-14(10-19)25-26/h4,7-9,13H,2-3,5-6,10-11H2,1H3,(H,22,27)(H,23,24). The van der Waals surface area contributed by atoms with Crippen molar-refractivity contribution in [3.63, 3.8) is 0 Å². The second kappa shape index (κ2) is 8.49. The van der Waals surface area contributed by atoms with Gasteiger partial charge in [-0.2, -0.15) is 5.10 Å². The van der Waals surface area contributed by atoms with Gasteiger partial charge in [0.2, 0.25) is 5.92 Å². The van der Waals surface area contributed by atoms with Gasteiger partial charge in [-0.25, -0.2) is 27.6 Å². The topological polar surface area (TPSA) is 81.1 Å². The minimum Gasteiger partial charge on any atom is -0.453 e. The van der Waals surface area contributed by atoms with E-state index in [1.807, 2.05) is 0 Å². The smallest absolute Gasteiger partial charge is 0.407 e. The number of alkyl carbamates (subject to hydrolysis) is 1. The van der Waals surface area contributed by atoms with Crippen LogP contribution in [0.1, 0.15) is 36.9 Å². The predicted molar refractivity (Wildman–Crippen MR) is 96.2 cm³/mol. The van der Waals surface area contributed by atoms with E-state index in [9.17, 15) is 18.0 Å². The molecule has 0 spiro atoms. The highest BCUT2D eigenvalue weighted by atomic mass is 19.3. The first-order valence-corrected chi connectivity index (χ1v) is 8.96. The summed E-state index contributed by atoms with van der Waals surface area (Å²) in [6.45, 7) is -0.519. The van der Waals surface area contributed by atoms with Crippen molar-refractivity contribution in [2.45, 2.75) is 50.9 Å². The van der Waals surface area contributed by atoms with Gasteiger partial charge in [0.05, 0.1) is 12.8 Å². The molecule has 3 rings (SSSR count). The molecule has 7 nitrogen and oxygen atoms in total. The van der Waals surface area contributed by atoms with Crippen LogP contribution in [0.15, 0.2) is 24.4 Å². The molecule has 0 bridgehead atoms. The number of nitrogens with one attached hydrogen (secondary N) is 2. The number of amides is 1. The Hall–Kier alpha value is -2.78. The molecule has 1 saturated carbocycles. The van der Waals surface area contributed by atoms with Crippen LogP contribution in [0.3, 0.4) is 0 Å². The van der Waals surface area contributed by atoms with Crippen LogP contribution in [-0.2, 0) is 18.0 Å². The molecule has 0 aromatic carbocycles. The van der Waals surface area contributed by atoms with Crippen molar-refractivity contribution in [3.8, 4) is 5.82 Å². The Bertz CT molecular complexity index is 817. The van der Waals surface area contributed by atoms with Crippen molar-refractivity contribution < 1.29 is 22.7 Å². The monoisotopic (exact) mass is 397 g/mol. The number of methoxy groups -OCH3 is 1. The molecule has 0 atom stereocenters. The first-order valence-electron chi connectivity index (χ1n) is 8.96. The van der Waals surface area contributed by atoms with E-state index in [1.165, 1.54) is 17.9 Å². The van der Waals surface area contributed by atoms with Gasteiger partial charge in [-0.3, -0.25) is 0 Å². The summed E-state index contributed by atoms with van der Waals surface area (Å²) in [5.41, 5.74) is 0.972. The number of carbonyl (C=O) groups is 1. The highest BCUT2D eigenvalue weighted by Gasteiger charge is 2.34. The van der Waals surface area contributed by atoms with Crippen LogP contribution in [0, 0.1) is 0 Å². The molecule has 152 valence electrons. The van der Waals surface area contributed by atoms with E-state index < -0.39 is 18.7 Å². The Morgan fingerprint density at radius 1 is 1.36 bits per heavy atom. The zero-order valence-corrected chi connectivity index (χ0v) is 15.4. The molecule has 2 aromatic rings. The number of halogens is 3. The third kappa shape index (κ3) is 5.14. The van der Waals surface area contributed by atoms with Crippen LogP contribution in [0.2, 0.25) is 0 Å². The predicted octanol–water partition coefficient (Wildman–Crippen LogP) is 3.58. The van der Waals surface area contributed by atoms with Crippen LogP contribution in [0.5, 0.6) is 0 Å². The highest BCUT2D eigenvalue weighted by molar-refractivity contribution is 5.67. The van der Waals surface area contributed by atoms with Gasteiger partial charge in [0.25, 0.3) is 0 Å². The molecule has 1 fully saturated rings. The number of aromatic nitrogens is 3. The van der Waals surface area contributed by atoms with E-state index in [-0.39, 0.29) is 31.1 Å². The normalized spacial score (nSPS) is 16.6. The lowest BCUT2D eigenvalue weighted by molar-refractivity contribution is -0.0361. The molecule has 0 unspecified atom stereocenters. The zero-order valence-electron chi connectivity index (χ0n) is 15.4. The average molecular weight is 397 g/mol. The number of nitrogens with zero attached hydrogens (tertiary/aromatic N) is 3. The first-order chi connectivity index (χ1) is 13.4. The molecular weight excluding hydrogens is 375 g/mol. The van der Waals surface area contributed by atoms with Gasteiger partial charge in [-0.1, -0.05) is 0 Å². The van der Waals surface area contributed by atoms with Crippen molar-refractivity contribution >= 4 is 11.9 Å². The number of ether oxygens (including phenoxy) is 1. The number of rotatable bonds is 6. The van der Waals surface area contributed by atoms with E-state index in [0.717, 1.165) is 0 Å². The summed E-state index contributed by atoms with van der Waals surface area (Å²) < 4.78 is 45.5. The Kier molecular flexibility index (Phi) is 6.05. The van der Waals surface area contributed by atoms with E-state index in [2.05, 4.69) is 25.5 Å². The summed E-state index contributed by atoms with van der Waals surface area (Å²) >= 11 is 0. The lowest BCUT2D eigenvalue weighted by Gasteiger charge is -2.29. The van der Waals surface area contributed by atoms with Crippen molar-refractivity contribution in [1.82, 2.24) is 20.1 Å². The van der Waals surface area contributed by atoms with Crippen molar-refractivity contribution in [2.75, 3.05) is 12.4 Å².